The van der Waals surface area contributed by atoms with Gasteiger partial charge in [0.15, 0.2) is 11.6 Å². The third kappa shape index (κ3) is 5.15. The van der Waals surface area contributed by atoms with Crippen LogP contribution in [0.1, 0.15) is 27.2 Å². The molecule has 0 saturated carbocycles. The molecule has 7 heteroatoms. The first-order valence-electron chi connectivity index (χ1n) is 6.39. The van der Waals surface area contributed by atoms with Gasteiger partial charge in [0, 0.05) is 0 Å². The molecule has 118 valence electrons. The molecule has 0 spiro atoms. The number of benzene rings is 1. The van der Waals surface area contributed by atoms with Crippen molar-refractivity contribution < 1.29 is 23.0 Å². The lowest BCUT2D eigenvalue weighted by Crippen LogP contribution is -2.41. The van der Waals surface area contributed by atoms with Gasteiger partial charge in [0.2, 0.25) is 5.82 Å². The number of carbonyl (C=O) groups excluding carboxylic acids is 1. The van der Waals surface area contributed by atoms with Crippen molar-refractivity contribution in [1.29, 1.82) is 0 Å². The molecule has 21 heavy (non-hydrogen) atoms. The van der Waals surface area contributed by atoms with Gasteiger partial charge in [-0.3, -0.25) is 0 Å². The third-order valence-electron chi connectivity index (χ3n) is 2.72. The summed E-state index contributed by atoms with van der Waals surface area (Å²) in [5.41, 5.74) is 4.02. The largest absolute Gasteiger partial charge is 0.486 e. The summed E-state index contributed by atoms with van der Waals surface area (Å²) in [6.07, 6.45) is -0.472. The number of rotatable bonds is 6. The minimum atomic E-state index is -1.10. The number of nitrogens with two attached hydrogens (primary N) is 1. The van der Waals surface area contributed by atoms with Crippen molar-refractivity contribution in [2.45, 2.75) is 32.8 Å². The van der Waals surface area contributed by atoms with Crippen LogP contribution < -0.4 is 10.5 Å². The van der Waals surface area contributed by atoms with Crippen LogP contribution in [0.2, 0.25) is 0 Å². The van der Waals surface area contributed by atoms with Crippen LogP contribution in [-0.2, 0) is 4.74 Å². The van der Waals surface area contributed by atoms with E-state index in [1.807, 2.05) is 13.8 Å². The van der Waals surface area contributed by atoms with Crippen molar-refractivity contribution >= 4 is 22.0 Å². The van der Waals surface area contributed by atoms with E-state index in [1.54, 1.807) is 6.92 Å². The van der Waals surface area contributed by atoms with Gasteiger partial charge < -0.3 is 15.2 Å². The second-order valence-corrected chi connectivity index (χ2v) is 6.29. The van der Waals surface area contributed by atoms with Gasteiger partial charge in [-0.1, -0.05) is 13.8 Å². The highest BCUT2D eigenvalue weighted by Crippen LogP contribution is 2.28. The predicted molar refractivity (Wildman–Crippen MR) is 78.1 cm³/mol. The molecule has 1 aromatic rings. The molecule has 0 fully saturated rings. The molecular formula is C14H18BrF2NO3. The van der Waals surface area contributed by atoms with Crippen LogP contribution in [-0.4, -0.2) is 18.3 Å². The SMILES string of the molecule is CC(C)C[C@@](C)(COc1ccc(Br)c(F)c1F)OC(N)=O. The monoisotopic (exact) mass is 365 g/mol. The van der Waals surface area contributed by atoms with Crippen LogP contribution in [0, 0.1) is 17.6 Å². The fourth-order valence-corrected chi connectivity index (χ4v) is 2.39. The highest BCUT2D eigenvalue weighted by molar-refractivity contribution is 9.10. The smallest absolute Gasteiger partial charge is 0.405 e. The van der Waals surface area contributed by atoms with E-state index in [9.17, 15) is 13.6 Å². The lowest BCUT2D eigenvalue weighted by atomic mass is 9.95. The van der Waals surface area contributed by atoms with E-state index in [-0.39, 0.29) is 22.7 Å². The van der Waals surface area contributed by atoms with E-state index in [0.29, 0.717) is 6.42 Å². The van der Waals surface area contributed by atoms with E-state index in [4.69, 9.17) is 15.2 Å². The maximum Gasteiger partial charge on any atom is 0.405 e. The van der Waals surface area contributed by atoms with Crippen molar-refractivity contribution in [2.75, 3.05) is 6.61 Å². The fourth-order valence-electron chi connectivity index (χ4n) is 2.09. The summed E-state index contributed by atoms with van der Waals surface area (Å²) < 4.78 is 37.5. The van der Waals surface area contributed by atoms with E-state index >= 15 is 0 Å². The topological polar surface area (TPSA) is 61.6 Å². The van der Waals surface area contributed by atoms with Crippen LogP contribution in [0.25, 0.3) is 0 Å². The normalized spacial score (nSPS) is 13.9. The number of amides is 1. The van der Waals surface area contributed by atoms with Crippen LogP contribution in [0.5, 0.6) is 5.75 Å². The van der Waals surface area contributed by atoms with Gasteiger partial charge in [-0.25, -0.2) is 9.18 Å². The van der Waals surface area contributed by atoms with Crippen LogP contribution >= 0.6 is 15.9 Å². The van der Waals surface area contributed by atoms with Crippen LogP contribution in [0.15, 0.2) is 16.6 Å². The van der Waals surface area contributed by atoms with Crippen molar-refractivity contribution in [2.24, 2.45) is 11.7 Å². The Morgan fingerprint density at radius 1 is 1.38 bits per heavy atom. The van der Waals surface area contributed by atoms with E-state index in [2.05, 4.69) is 15.9 Å². The van der Waals surface area contributed by atoms with Gasteiger partial charge in [-0.05, 0) is 47.3 Å². The summed E-state index contributed by atoms with van der Waals surface area (Å²) in [6.45, 7) is 5.36. The zero-order valence-electron chi connectivity index (χ0n) is 12.1. The molecule has 1 aromatic carbocycles. The first-order chi connectivity index (χ1) is 9.64. The molecule has 0 unspecified atom stereocenters. The van der Waals surface area contributed by atoms with Gasteiger partial charge in [-0.2, -0.15) is 4.39 Å². The standard InChI is InChI=1S/C14H18BrF2NO3/c1-8(2)6-14(3,21-13(18)19)7-20-10-5-4-9(15)11(16)12(10)17/h4-5,8H,6-7H2,1-3H3,(H2,18,19)/t14-/m0/s1. The number of hydrogen-bond acceptors (Lipinski definition) is 3. The maximum atomic E-state index is 13.7. The van der Waals surface area contributed by atoms with Gasteiger partial charge in [0.25, 0.3) is 0 Å². The van der Waals surface area contributed by atoms with Crippen LogP contribution in [0.3, 0.4) is 0 Å². The molecule has 1 amide bonds. The minimum absolute atomic E-state index is 0.00526. The quantitative estimate of drug-likeness (QED) is 0.774. The molecule has 0 saturated heterocycles. The lowest BCUT2D eigenvalue weighted by Gasteiger charge is -2.30. The zero-order valence-corrected chi connectivity index (χ0v) is 13.7. The summed E-state index contributed by atoms with van der Waals surface area (Å²) in [6, 6.07) is 2.63. The van der Waals surface area contributed by atoms with Gasteiger partial charge in [-0.15, -0.1) is 0 Å². The Kier molecular flexibility index (Phi) is 5.95. The molecule has 1 rings (SSSR count). The Bertz CT molecular complexity index is 525. The average molecular weight is 366 g/mol. The lowest BCUT2D eigenvalue weighted by molar-refractivity contribution is -0.0195. The molecule has 0 radical (unpaired) electrons. The average Bonchev–Trinajstić information content (AvgIpc) is 2.33. The highest BCUT2D eigenvalue weighted by atomic mass is 79.9. The second-order valence-electron chi connectivity index (χ2n) is 5.43. The zero-order chi connectivity index (χ0) is 16.2. The molecule has 0 aliphatic carbocycles. The molecule has 4 nitrogen and oxygen atoms in total. The number of halogens is 3. The Morgan fingerprint density at radius 2 is 2.00 bits per heavy atom. The summed E-state index contributed by atoms with van der Waals surface area (Å²) in [7, 11) is 0. The Labute approximate surface area is 130 Å². The van der Waals surface area contributed by atoms with Gasteiger partial charge >= 0.3 is 6.09 Å². The first kappa shape index (κ1) is 17.7. The highest BCUT2D eigenvalue weighted by Gasteiger charge is 2.31. The molecule has 0 aliphatic heterocycles. The van der Waals surface area contributed by atoms with Gasteiger partial charge in [0.1, 0.15) is 12.2 Å². The van der Waals surface area contributed by atoms with E-state index < -0.39 is 23.3 Å². The van der Waals surface area contributed by atoms with Gasteiger partial charge in [0.05, 0.1) is 4.47 Å². The van der Waals surface area contributed by atoms with Crippen LogP contribution in [0.4, 0.5) is 13.6 Å². The summed E-state index contributed by atoms with van der Waals surface area (Å²) in [5, 5.41) is 0. The van der Waals surface area contributed by atoms with E-state index in [0.717, 1.165) is 0 Å². The van der Waals surface area contributed by atoms with Crippen molar-refractivity contribution in [1.82, 2.24) is 0 Å². The van der Waals surface area contributed by atoms with Crippen molar-refractivity contribution in [3.63, 3.8) is 0 Å². The number of hydrogen-bond donors (Lipinski definition) is 1. The molecule has 2 N–H and O–H groups in total. The van der Waals surface area contributed by atoms with Crippen molar-refractivity contribution in [3.8, 4) is 5.75 Å². The molecule has 1 atom stereocenters. The molecule has 0 bridgehead atoms. The Hall–Kier alpha value is -1.37. The number of primary amides is 1. The molecule has 0 aromatic heterocycles. The Balaban J connectivity index is 2.86. The predicted octanol–water partition coefficient (Wildman–Crippen LogP) is 4.01. The fraction of sp³-hybridized carbons (Fsp3) is 0.500. The van der Waals surface area contributed by atoms with Crippen molar-refractivity contribution in [3.05, 3.63) is 28.2 Å². The third-order valence-corrected chi connectivity index (χ3v) is 3.33. The minimum Gasteiger partial charge on any atom is -0.486 e. The van der Waals surface area contributed by atoms with E-state index in [1.165, 1.54) is 12.1 Å². The second kappa shape index (κ2) is 7.06. The maximum absolute atomic E-state index is 13.7. The summed E-state index contributed by atoms with van der Waals surface area (Å²) in [4.78, 5) is 11.0. The number of ether oxygens (including phenoxy) is 2. The summed E-state index contributed by atoms with van der Waals surface area (Å²) >= 11 is 2.88. The molecule has 0 heterocycles. The Morgan fingerprint density at radius 3 is 2.52 bits per heavy atom. The molecular weight excluding hydrogens is 348 g/mol. The first-order valence-corrected chi connectivity index (χ1v) is 7.18. The number of carbonyl (C=O) groups is 1. The summed E-state index contributed by atoms with van der Waals surface area (Å²) in [5.74, 6) is -2.19. The molecule has 0 aliphatic rings.